The quantitative estimate of drug-likeness (QED) is 0.480. The molecular weight excluding hydrogens is 134 g/mol. The van der Waals surface area contributed by atoms with Crippen molar-refractivity contribution in [3.63, 3.8) is 0 Å². The second-order valence-corrected chi connectivity index (χ2v) is 3.01. The molecule has 1 N–H and O–H groups in total. The first-order valence-electron chi connectivity index (χ1n) is 4.43. The number of hydrogen-bond donors (Lipinski definition) is 1. The van der Waals surface area contributed by atoms with E-state index in [1.807, 2.05) is 6.08 Å². The molecule has 1 aliphatic rings. The van der Waals surface area contributed by atoms with Crippen LogP contribution in [0.1, 0.15) is 25.7 Å². The highest BCUT2D eigenvalue weighted by molar-refractivity contribution is 4.92. The number of nitrogens with one attached hydrogen (secondary N) is 1. The molecule has 0 saturated carbocycles. The van der Waals surface area contributed by atoms with E-state index in [1.54, 1.807) is 0 Å². The van der Waals surface area contributed by atoms with Gasteiger partial charge in [-0.15, -0.1) is 6.58 Å². The molecule has 0 aromatic carbocycles. The predicted octanol–water partition coefficient (Wildman–Crippen LogP) is 2.26. The summed E-state index contributed by atoms with van der Waals surface area (Å²) < 4.78 is 0. The zero-order valence-electron chi connectivity index (χ0n) is 7.05. The standard InChI is InChI=1S/C10H17N/c1-2-3-9-11-10-7-5-4-6-8-10/h2,4-5,10-11H,1,3,6-9H2. The van der Waals surface area contributed by atoms with Crippen LogP contribution in [0.3, 0.4) is 0 Å². The van der Waals surface area contributed by atoms with Gasteiger partial charge < -0.3 is 5.32 Å². The summed E-state index contributed by atoms with van der Waals surface area (Å²) in [6, 6.07) is 0.722. The molecule has 1 heteroatoms. The topological polar surface area (TPSA) is 12.0 Å². The molecule has 62 valence electrons. The molecule has 11 heavy (non-hydrogen) atoms. The average Bonchev–Trinajstić information content (AvgIpc) is 2.07. The van der Waals surface area contributed by atoms with E-state index in [0.29, 0.717) is 0 Å². The predicted molar refractivity (Wildman–Crippen MR) is 49.6 cm³/mol. The van der Waals surface area contributed by atoms with Crippen LogP contribution >= 0.6 is 0 Å². The molecule has 1 unspecified atom stereocenters. The molecule has 0 amide bonds. The first-order chi connectivity index (χ1) is 5.43. The lowest BCUT2D eigenvalue weighted by Crippen LogP contribution is -2.30. The third-order valence-corrected chi connectivity index (χ3v) is 2.05. The van der Waals surface area contributed by atoms with Crippen molar-refractivity contribution in [3.05, 3.63) is 24.8 Å². The van der Waals surface area contributed by atoms with E-state index in [4.69, 9.17) is 0 Å². The van der Waals surface area contributed by atoms with Crippen molar-refractivity contribution in [2.45, 2.75) is 31.7 Å². The second kappa shape index (κ2) is 5.14. The fourth-order valence-electron chi connectivity index (χ4n) is 1.37. The van der Waals surface area contributed by atoms with Gasteiger partial charge in [0.05, 0.1) is 0 Å². The molecule has 0 heterocycles. The molecule has 0 fully saturated rings. The van der Waals surface area contributed by atoms with Crippen molar-refractivity contribution in [2.75, 3.05) is 6.54 Å². The van der Waals surface area contributed by atoms with Crippen LogP contribution in [0.5, 0.6) is 0 Å². The van der Waals surface area contributed by atoms with Crippen molar-refractivity contribution in [3.8, 4) is 0 Å². The van der Waals surface area contributed by atoms with E-state index in [-0.39, 0.29) is 0 Å². The summed E-state index contributed by atoms with van der Waals surface area (Å²) in [5.74, 6) is 0. The second-order valence-electron chi connectivity index (χ2n) is 3.01. The van der Waals surface area contributed by atoms with Crippen LogP contribution in [0.4, 0.5) is 0 Å². The molecule has 0 saturated heterocycles. The third kappa shape index (κ3) is 3.38. The van der Waals surface area contributed by atoms with Gasteiger partial charge in [0, 0.05) is 6.04 Å². The Balaban J connectivity index is 2.06. The van der Waals surface area contributed by atoms with Crippen molar-refractivity contribution < 1.29 is 0 Å². The van der Waals surface area contributed by atoms with Crippen LogP contribution in [0.2, 0.25) is 0 Å². The minimum Gasteiger partial charge on any atom is -0.313 e. The van der Waals surface area contributed by atoms with Crippen molar-refractivity contribution in [2.24, 2.45) is 0 Å². The van der Waals surface area contributed by atoms with Crippen LogP contribution < -0.4 is 5.32 Å². The minimum atomic E-state index is 0.722. The summed E-state index contributed by atoms with van der Waals surface area (Å²) in [6.07, 6.45) is 11.3. The number of hydrogen-bond acceptors (Lipinski definition) is 1. The maximum absolute atomic E-state index is 3.69. The van der Waals surface area contributed by atoms with E-state index in [0.717, 1.165) is 19.0 Å². The molecule has 0 bridgehead atoms. The summed E-state index contributed by atoms with van der Waals surface area (Å²) in [5, 5.41) is 3.50. The van der Waals surface area contributed by atoms with Gasteiger partial charge in [0.1, 0.15) is 0 Å². The molecule has 1 nitrogen and oxygen atoms in total. The first kappa shape index (κ1) is 8.54. The van der Waals surface area contributed by atoms with Gasteiger partial charge in [0.15, 0.2) is 0 Å². The lowest BCUT2D eigenvalue weighted by Gasteiger charge is -2.18. The van der Waals surface area contributed by atoms with Gasteiger partial charge >= 0.3 is 0 Å². The van der Waals surface area contributed by atoms with Gasteiger partial charge in [0.2, 0.25) is 0 Å². The van der Waals surface area contributed by atoms with E-state index >= 15 is 0 Å². The van der Waals surface area contributed by atoms with E-state index in [9.17, 15) is 0 Å². The van der Waals surface area contributed by atoms with Crippen molar-refractivity contribution in [1.29, 1.82) is 0 Å². The molecule has 0 aromatic heterocycles. The molecule has 0 aliphatic heterocycles. The molecular formula is C10H17N. The Labute approximate surface area is 69.2 Å². The zero-order valence-corrected chi connectivity index (χ0v) is 7.05. The lowest BCUT2D eigenvalue weighted by atomic mass is 10.0. The number of rotatable bonds is 4. The normalized spacial score (nSPS) is 23.5. The van der Waals surface area contributed by atoms with Gasteiger partial charge in [-0.05, 0) is 32.2 Å². The summed E-state index contributed by atoms with van der Waals surface area (Å²) >= 11 is 0. The van der Waals surface area contributed by atoms with Gasteiger partial charge in [0.25, 0.3) is 0 Å². The average molecular weight is 151 g/mol. The molecule has 0 aromatic rings. The minimum absolute atomic E-state index is 0.722. The largest absolute Gasteiger partial charge is 0.313 e. The Kier molecular flexibility index (Phi) is 3.99. The summed E-state index contributed by atoms with van der Waals surface area (Å²) in [6.45, 7) is 4.77. The summed E-state index contributed by atoms with van der Waals surface area (Å²) in [7, 11) is 0. The van der Waals surface area contributed by atoms with Gasteiger partial charge in [-0.2, -0.15) is 0 Å². The lowest BCUT2D eigenvalue weighted by molar-refractivity contribution is 0.480. The summed E-state index contributed by atoms with van der Waals surface area (Å²) in [4.78, 5) is 0. The molecule has 1 rings (SSSR count). The number of allylic oxidation sites excluding steroid dienone is 1. The zero-order chi connectivity index (χ0) is 7.94. The Morgan fingerprint density at radius 3 is 3.09 bits per heavy atom. The van der Waals surface area contributed by atoms with Crippen LogP contribution in [0.15, 0.2) is 24.8 Å². The van der Waals surface area contributed by atoms with Crippen LogP contribution in [-0.4, -0.2) is 12.6 Å². The fraction of sp³-hybridized carbons (Fsp3) is 0.600. The summed E-state index contributed by atoms with van der Waals surface area (Å²) in [5.41, 5.74) is 0. The van der Waals surface area contributed by atoms with Crippen LogP contribution in [0, 0.1) is 0 Å². The molecule has 1 aliphatic carbocycles. The SMILES string of the molecule is C=CCCNC1CC=CCC1. The van der Waals surface area contributed by atoms with Crippen molar-refractivity contribution in [1.82, 2.24) is 5.32 Å². The molecule has 1 atom stereocenters. The Bertz CT molecular complexity index is 138. The Hall–Kier alpha value is -0.560. The van der Waals surface area contributed by atoms with Gasteiger partial charge in [-0.3, -0.25) is 0 Å². The van der Waals surface area contributed by atoms with Crippen molar-refractivity contribution >= 4 is 0 Å². The first-order valence-corrected chi connectivity index (χ1v) is 4.43. The van der Waals surface area contributed by atoms with Crippen LogP contribution in [-0.2, 0) is 0 Å². The van der Waals surface area contributed by atoms with E-state index in [2.05, 4.69) is 24.0 Å². The van der Waals surface area contributed by atoms with Gasteiger partial charge in [-0.1, -0.05) is 18.2 Å². The molecule has 0 radical (unpaired) electrons. The highest BCUT2D eigenvalue weighted by Crippen LogP contribution is 2.09. The highest BCUT2D eigenvalue weighted by atomic mass is 14.9. The molecule has 0 spiro atoms. The monoisotopic (exact) mass is 151 g/mol. The Morgan fingerprint density at radius 1 is 1.55 bits per heavy atom. The van der Waals surface area contributed by atoms with Gasteiger partial charge in [-0.25, -0.2) is 0 Å². The Morgan fingerprint density at radius 2 is 2.45 bits per heavy atom. The van der Waals surface area contributed by atoms with E-state index in [1.165, 1.54) is 19.3 Å². The van der Waals surface area contributed by atoms with E-state index < -0.39 is 0 Å². The maximum atomic E-state index is 3.69. The van der Waals surface area contributed by atoms with Crippen LogP contribution in [0.25, 0.3) is 0 Å². The maximum Gasteiger partial charge on any atom is 0.0105 e. The highest BCUT2D eigenvalue weighted by Gasteiger charge is 2.06. The third-order valence-electron chi connectivity index (χ3n) is 2.05. The smallest absolute Gasteiger partial charge is 0.0105 e. The fourth-order valence-corrected chi connectivity index (χ4v) is 1.37.